The van der Waals surface area contributed by atoms with Gasteiger partial charge >= 0.3 is 6.09 Å². The van der Waals surface area contributed by atoms with Crippen molar-refractivity contribution in [1.29, 1.82) is 0 Å². The molecule has 0 unspecified atom stereocenters. The van der Waals surface area contributed by atoms with E-state index >= 15 is 0 Å². The average Bonchev–Trinajstić information content (AvgIpc) is 2.76. The lowest BCUT2D eigenvalue weighted by Crippen LogP contribution is -2.36. The van der Waals surface area contributed by atoms with Crippen molar-refractivity contribution in [2.75, 3.05) is 6.54 Å². The number of likely N-dealkylation sites (tertiary alicyclic amines) is 1. The molecule has 1 aromatic heterocycles. The van der Waals surface area contributed by atoms with Gasteiger partial charge in [0, 0.05) is 18.3 Å². The van der Waals surface area contributed by atoms with E-state index in [0.717, 1.165) is 18.4 Å². The average molecular weight is 283 g/mol. The van der Waals surface area contributed by atoms with Gasteiger partial charge in [0.15, 0.2) is 0 Å². The molecule has 1 amide bonds. The Morgan fingerprint density at radius 1 is 1.53 bits per heavy atom. The first-order valence-electron chi connectivity index (χ1n) is 6.48. The fourth-order valence-electron chi connectivity index (χ4n) is 2.28. The van der Waals surface area contributed by atoms with Crippen LogP contribution in [0.15, 0.2) is 18.3 Å². The molecule has 2 heterocycles. The third kappa shape index (κ3) is 3.38. The lowest BCUT2D eigenvalue weighted by Gasteiger charge is -2.29. The van der Waals surface area contributed by atoms with Crippen molar-refractivity contribution < 1.29 is 9.53 Å². The van der Waals surface area contributed by atoms with Crippen LogP contribution in [0, 0.1) is 0 Å². The van der Waals surface area contributed by atoms with E-state index in [0.29, 0.717) is 11.7 Å². The second kappa shape index (κ2) is 5.37. The largest absolute Gasteiger partial charge is 0.444 e. The summed E-state index contributed by atoms with van der Waals surface area (Å²) >= 11 is 6.12. The van der Waals surface area contributed by atoms with E-state index < -0.39 is 5.60 Å². The Bertz CT molecular complexity index is 471. The van der Waals surface area contributed by atoms with E-state index in [-0.39, 0.29) is 12.1 Å². The minimum atomic E-state index is -0.483. The molecule has 5 heteroatoms. The third-order valence-electron chi connectivity index (χ3n) is 3.03. The first-order chi connectivity index (χ1) is 8.88. The molecule has 0 aliphatic carbocycles. The van der Waals surface area contributed by atoms with Crippen molar-refractivity contribution in [3.8, 4) is 0 Å². The molecule has 0 aromatic carbocycles. The van der Waals surface area contributed by atoms with Crippen LogP contribution in [0.5, 0.6) is 0 Å². The first-order valence-corrected chi connectivity index (χ1v) is 6.86. The second-order valence-corrected chi connectivity index (χ2v) is 6.07. The monoisotopic (exact) mass is 282 g/mol. The van der Waals surface area contributed by atoms with Crippen LogP contribution in [-0.4, -0.2) is 28.1 Å². The lowest BCUT2D eigenvalue weighted by atomic mass is 10.1. The molecule has 1 aromatic rings. The number of aromatic nitrogens is 1. The van der Waals surface area contributed by atoms with Gasteiger partial charge in [-0.1, -0.05) is 17.7 Å². The molecule has 0 N–H and O–H groups in total. The number of ether oxygens (including phenoxy) is 1. The molecule has 2 rings (SSSR count). The molecular formula is C14H19ClN2O2. The summed E-state index contributed by atoms with van der Waals surface area (Å²) in [7, 11) is 0. The normalized spacial score (nSPS) is 19.6. The zero-order valence-electron chi connectivity index (χ0n) is 11.5. The molecule has 0 spiro atoms. The van der Waals surface area contributed by atoms with E-state index in [4.69, 9.17) is 16.3 Å². The maximum atomic E-state index is 12.2. The molecule has 1 atom stereocenters. The van der Waals surface area contributed by atoms with Crippen molar-refractivity contribution in [2.45, 2.75) is 45.3 Å². The highest BCUT2D eigenvalue weighted by molar-refractivity contribution is 6.30. The molecule has 1 aliphatic rings. The molecule has 19 heavy (non-hydrogen) atoms. The minimum Gasteiger partial charge on any atom is -0.444 e. The van der Waals surface area contributed by atoms with E-state index in [1.165, 1.54) is 0 Å². The number of carbonyl (C=O) groups is 1. The zero-order chi connectivity index (χ0) is 14.0. The highest BCUT2D eigenvalue weighted by Gasteiger charge is 2.34. The number of hydrogen-bond donors (Lipinski definition) is 0. The predicted molar refractivity (Wildman–Crippen MR) is 74.2 cm³/mol. The predicted octanol–water partition coefficient (Wildman–Crippen LogP) is 3.81. The van der Waals surface area contributed by atoms with Crippen molar-refractivity contribution in [1.82, 2.24) is 9.88 Å². The zero-order valence-corrected chi connectivity index (χ0v) is 12.3. The maximum absolute atomic E-state index is 12.2. The molecule has 1 aliphatic heterocycles. The summed E-state index contributed by atoms with van der Waals surface area (Å²) in [6.07, 6.45) is 3.22. The van der Waals surface area contributed by atoms with Crippen molar-refractivity contribution in [3.05, 3.63) is 29.0 Å². The quantitative estimate of drug-likeness (QED) is 0.736. The lowest BCUT2D eigenvalue weighted by molar-refractivity contribution is 0.0224. The van der Waals surface area contributed by atoms with Gasteiger partial charge in [-0.25, -0.2) is 9.78 Å². The van der Waals surface area contributed by atoms with Gasteiger partial charge in [-0.15, -0.1) is 0 Å². The number of amides is 1. The summed E-state index contributed by atoms with van der Waals surface area (Å²) in [5, 5.41) is 0.461. The van der Waals surface area contributed by atoms with Crippen molar-refractivity contribution in [2.24, 2.45) is 0 Å². The number of nitrogens with zero attached hydrogens (tertiary/aromatic N) is 2. The molecule has 1 fully saturated rings. The fourth-order valence-corrected chi connectivity index (χ4v) is 2.52. The molecular weight excluding hydrogens is 264 g/mol. The van der Waals surface area contributed by atoms with Gasteiger partial charge < -0.3 is 9.64 Å². The van der Waals surface area contributed by atoms with Gasteiger partial charge in [-0.3, -0.25) is 0 Å². The molecule has 0 radical (unpaired) electrons. The minimum absolute atomic E-state index is 0.0314. The Hall–Kier alpha value is -1.29. The molecule has 104 valence electrons. The van der Waals surface area contributed by atoms with Crippen LogP contribution in [-0.2, 0) is 4.74 Å². The molecule has 0 bridgehead atoms. The number of carbonyl (C=O) groups excluding carboxylic acids is 1. The molecule has 4 nitrogen and oxygen atoms in total. The highest BCUT2D eigenvalue weighted by Crippen LogP contribution is 2.35. The van der Waals surface area contributed by atoms with Crippen molar-refractivity contribution in [3.63, 3.8) is 0 Å². The summed E-state index contributed by atoms with van der Waals surface area (Å²) in [4.78, 5) is 18.0. The highest BCUT2D eigenvalue weighted by atomic mass is 35.5. The van der Waals surface area contributed by atoms with Crippen LogP contribution in [0.1, 0.15) is 45.2 Å². The second-order valence-electron chi connectivity index (χ2n) is 5.72. The third-order valence-corrected chi connectivity index (χ3v) is 3.34. The van der Waals surface area contributed by atoms with Gasteiger partial charge in [-0.05, 0) is 39.7 Å². The molecule has 1 saturated heterocycles. The fraction of sp³-hybridized carbons (Fsp3) is 0.571. The Morgan fingerprint density at radius 3 is 2.89 bits per heavy atom. The molecule has 0 saturated carbocycles. The number of halogens is 1. The Morgan fingerprint density at radius 2 is 2.26 bits per heavy atom. The Kier molecular flexibility index (Phi) is 3.99. The van der Waals surface area contributed by atoms with E-state index in [9.17, 15) is 4.79 Å². The van der Waals surface area contributed by atoms with E-state index in [1.807, 2.05) is 32.9 Å². The Balaban J connectivity index is 2.18. The van der Waals surface area contributed by atoms with Crippen molar-refractivity contribution >= 4 is 17.7 Å². The van der Waals surface area contributed by atoms with Crippen LogP contribution in [0.25, 0.3) is 0 Å². The van der Waals surface area contributed by atoms with Crippen LogP contribution in [0.4, 0.5) is 4.79 Å². The summed E-state index contributed by atoms with van der Waals surface area (Å²) in [5.41, 5.74) is 0.413. The topological polar surface area (TPSA) is 42.4 Å². The summed E-state index contributed by atoms with van der Waals surface area (Å²) in [5.74, 6) is 0. The smallest absolute Gasteiger partial charge is 0.410 e. The number of pyridine rings is 1. The van der Waals surface area contributed by atoms with Gasteiger partial charge in [0.25, 0.3) is 0 Å². The van der Waals surface area contributed by atoms with Crippen LogP contribution >= 0.6 is 11.6 Å². The van der Waals surface area contributed by atoms with Gasteiger partial charge in [-0.2, -0.15) is 0 Å². The maximum Gasteiger partial charge on any atom is 0.410 e. The van der Waals surface area contributed by atoms with E-state index in [1.54, 1.807) is 11.1 Å². The van der Waals surface area contributed by atoms with E-state index in [2.05, 4.69) is 4.98 Å². The van der Waals surface area contributed by atoms with Crippen LogP contribution < -0.4 is 0 Å². The summed E-state index contributed by atoms with van der Waals surface area (Å²) < 4.78 is 5.44. The SMILES string of the molecule is CC(C)(C)OC(=O)N1CCC[C@H]1c1cccnc1Cl. The summed E-state index contributed by atoms with van der Waals surface area (Å²) in [6.45, 7) is 6.30. The standard InChI is InChI=1S/C14H19ClN2O2/c1-14(2,3)19-13(18)17-9-5-7-11(17)10-6-4-8-16-12(10)15/h4,6,8,11H,5,7,9H2,1-3H3/t11-/m0/s1. The first kappa shape index (κ1) is 14.1. The van der Waals surface area contributed by atoms with Crippen LogP contribution in [0.2, 0.25) is 5.15 Å². The Labute approximate surface area is 118 Å². The summed E-state index contributed by atoms with van der Waals surface area (Å²) in [6, 6.07) is 3.73. The van der Waals surface area contributed by atoms with Gasteiger partial charge in [0.05, 0.1) is 6.04 Å². The number of rotatable bonds is 1. The van der Waals surface area contributed by atoms with Crippen LogP contribution in [0.3, 0.4) is 0 Å². The number of hydrogen-bond acceptors (Lipinski definition) is 3. The van der Waals surface area contributed by atoms with Gasteiger partial charge in [0.1, 0.15) is 10.8 Å². The van der Waals surface area contributed by atoms with Gasteiger partial charge in [0.2, 0.25) is 0 Å².